The second-order valence-electron chi connectivity index (χ2n) is 8.73. The summed E-state index contributed by atoms with van der Waals surface area (Å²) in [5.41, 5.74) is 5.99. The van der Waals surface area contributed by atoms with E-state index < -0.39 is 22.7 Å². The van der Waals surface area contributed by atoms with Crippen molar-refractivity contribution in [3.8, 4) is 17.0 Å². The molecule has 0 bridgehead atoms. The standard InChI is InChI=1S/C22H27FN4O3/c1-13-8-17(29-12-22(6-5-7-22)20(28)30-21(2,3)4)26-11-15(13)14-9-16(23)18(19(24)25)27-10-14/h8-11H,5-7,12H2,1-4H3,(H3,24,25). The lowest BCUT2D eigenvalue weighted by Gasteiger charge is -2.40. The third kappa shape index (κ3) is 4.58. The van der Waals surface area contributed by atoms with Crippen LogP contribution in [0.1, 0.15) is 51.3 Å². The van der Waals surface area contributed by atoms with Crippen molar-refractivity contribution in [3.63, 3.8) is 0 Å². The normalized spacial score (nSPS) is 15.2. The summed E-state index contributed by atoms with van der Waals surface area (Å²) < 4.78 is 25.5. The average Bonchev–Trinajstić information content (AvgIpc) is 2.59. The van der Waals surface area contributed by atoms with E-state index >= 15 is 0 Å². The molecule has 7 nitrogen and oxygen atoms in total. The lowest BCUT2D eigenvalue weighted by Crippen LogP contribution is -2.46. The third-order valence-corrected chi connectivity index (χ3v) is 5.13. The fourth-order valence-corrected chi connectivity index (χ4v) is 3.30. The van der Waals surface area contributed by atoms with Crippen molar-refractivity contribution in [2.45, 2.75) is 52.6 Å². The Morgan fingerprint density at radius 2 is 1.97 bits per heavy atom. The van der Waals surface area contributed by atoms with E-state index in [1.54, 1.807) is 12.3 Å². The molecule has 1 fully saturated rings. The van der Waals surface area contributed by atoms with Crippen molar-refractivity contribution in [2.75, 3.05) is 6.61 Å². The van der Waals surface area contributed by atoms with E-state index in [4.69, 9.17) is 20.6 Å². The number of nitrogen functional groups attached to an aromatic ring is 1. The number of nitrogens with zero attached hydrogens (tertiary/aromatic N) is 2. The first kappa shape index (κ1) is 21.7. The molecule has 2 heterocycles. The van der Waals surface area contributed by atoms with Gasteiger partial charge in [0, 0.05) is 29.6 Å². The van der Waals surface area contributed by atoms with Crippen molar-refractivity contribution < 1.29 is 18.7 Å². The van der Waals surface area contributed by atoms with Crippen LogP contribution in [0.5, 0.6) is 5.88 Å². The summed E-state index contributed by atoms with van der Waals surface area (Å²) in [6, 6.07) is 3.02. The zero-order valence-electron chi connectivity index (χ0n) is 17.7. The Morgan fingerprint density at radius 1 is 1.27 bits per heavy atom. The van der Waals surface area contributed by atoms with Crippen molar-refractivity contribution in [2.24, 2.45) is 11.1 Å². The summed E-state index contributed by atoms with van der Waals surface area (Å²) in [6.45, 7) is 7.61. The Hall–Kier alpha value is -3.03. The molecule has 0 aromatic carbocycles. The monoisotopic (exact) mass is 414 g/mol. The lowest BCUT2D eigenvalue weighted by atomic mass is 9.69. The van der Waals surface area contributed by atoms with Gasteiger partial charge in [0.2, 0.25) is 5.88 Å². The van der Waals surface area contributed by atoms with Gasteiger partial charge < -0.3 is 15.2 Å². The van der Waals surface area contributed by atoms with Crippen LogP contribution in [0.2, 0.25) is 0 Å². The molecule has 0 saturated heterocycles. The molecule has 0 unspecified atom stereocenters. The first-order valence-electron chi connectivity index (χ1n) is 9.84. The molecular weight excluding hydrogens is 387 g/mol. The topological polar surface area (TPSA) is 111 Å². The summed E-state index contributed by atoms with van der Waals surface area (Å²) in [7, 11) is 0. The van der Waals surface area contributed by atoms with Gasteiger partial charge in [-0.05, 0) is 52.2 Å². The molecule has 0 aliphatic heterocycles. The Labute approximate surface area is 175 Å². The largest absolute Gasteiger partial charge is 0.476 e. The highest BCUT2D eigenvalue weighted by Gasteiger charge is 2.47. The minimum atomic E-state index is -0.663. The van der Waals surface area contributed by atoms with Crippen LogP contribution in [0.3, 0.4) is 0 Å². The van der Waals surface area contributed by atoms with Crippen LogP contribution in [0, 0.1) is 23.6 Å². The van der Waals surface area contributed by atoms with Gasteiger partial charge in [-0.15, -0.1) is 0 Å². The maximum atomic E-state index is 14.1. The zero-order chi connectivity index (χ0) is 22.1. The van der Waals surface area contributed by atoms with Gasteiger partial charge in [-0.25, -0.2) is 14.4 Å². The van der Waals surface area contributed by atoms with E-state index in [-0.39, 0.29) is 18.3 Å². The van der Waals surface area contributed by atoms with Crippen LogP contribution < -0.4 is 10.5 Å². The van der Waals surface area contributed by atoms with Crippen molar-refractivity contribution in [3.05, 3.63) is 41.6 Å². The minimum absolute atomic E-state index is 0.183. The molecule has 1 aliphatic rings. The molecule has 0 radical (unpaired) electrons. The van der Waals surface area contributed by atoms with Gasteiger partial charge in [-0.1, -0.05) is 6.42 Å². The molecule has 8 heteroatoms. The van der Waals surface area contributed by atoms with Gasteiger partial charge in [0.15, 0.2) is 5.82 Å². The van der Waals surface area contributed by atoms with E-state index in [9.17, 15) is 9.18 Å². The predicted molar refractivity (Wildman–Crippen MR) is 111 cm³/mol. The Kier molecular flexibility index (Phi) is 5.78. The van der Waals surface area contributed by atoms with Crippen LogP contribution in [0.25, 0.3) is 11.1 Å². The Bertz CT molecular complexity index is 981. The fraction of sp³-hybridized carbons (Fsp3) is 0.455. The first-order valence-corrected chi connectivity index (χ1v) is 9.84. The number of ether oxygens (including phenoxy) is 2. The van der Waals surface area contributed by atoms with Crippen LogP contribution in [-0.4, -0.2) is 34.0 Å². The lowest BCUT2D eigenvalue weighted by molar-refractivity contribution is -0.176. The number of pyridine rings is 2. The van der Waals surface area contributed by atoms with E-state index in [0.29, 0.717) is 17.0 Å². The molecule has 2 aromatic heterocycles. The molecule has 0 amide bonds. The number of carbonyl (C=O) groups is 1. The van der Waals surface area contributed by atoms with Crippen LogP contribution >= 0.6 is 0 Å². The number of halogens is 1. The number of rotatable bonds is 6. The van der Waals surface area contributed by atoms with Gasteiger partial charge in [-0.2, -0.15) is 0 Å². The predicted octanol–water partition coefficient (Wildman–Crippen LogP) is 3.77. The minimum Gasteiger partial charge on any atom is -0.476 e. The first-order chi connectivity index (χ1) is 14.0. The van der Waals surface area contributed by atoms with Crippen LogP contribution in [0.15, 0.2) is 24.5 Å². The van der Waals surface area contributed by atoms with Gasteiger partial charge in [0.05, 0.1) is 0 Å². The SMILES string of the molecule is Cc1cc(OCC2(C(=O)OC(C)(C)C)CCC2)ncc1-c1cnc(C(=N)N)c(F)c1. The van der Waals surface area contributed by atoms with E-state index in [1.807, 2.05) is 27.7 Å². The zero-order valence-corrected chi connectivity index (χ0v) is 17.7. The van der Waals surface area contributed by atoms with Crippen LogP contribution in [0.4, 0.5) is 4.39 Å². The average molecular weight is 414 g/mol. The Morgan fingerprint density at radius 3 is 2.47 bits per heavy atom. The second-order valence-corrected chi connectivity index (χ2v) is 8.73. The number of aryl methyl sites for hydroxylation is 1. The van der Waals surface area contributed by atoms with Crippen molar-refractivity contribution in [1.82, 2.24) is 9.97 Å². The molecular formula is C22H27FN4O3. The third-order valence-electron chi connectivity index (χ3n) is 5.13. The number of hydrogen-bond donors (Lipinski definition) is 2. The number of amidine groups is 1. The van der Waals surface area contributed by atoms with Crippen LogP contribution in [-0.2, 0) is 9.53 Å². The summed E-state index contributed by atoms with van der Waals surface area (Å²) in [5, 5.41) is 7.33. The number of carbonyl (C=O) groups excluding carboxylic acids is 1. The van der Waals surface area contributed by atoms with E-state index in [2.05, 4.69) is 9.97 Å². The molecule has 3 rings (SSSR count). The number of hydrogen-bond acceptors (Lipinski definition) is 6. The molecule has 0 spiro atoms. The summed E-state index contributed by atoms with van der Waals surface area (Å²) in [5.74, 6) is -0.932. The fourth-order valence-electron chi connectivity index (χ4n) is 3.30. The van der Waals surface area contributed by atoms with Gasteiger partial charge in [0.1, 0.15) is 29.2 Å². The van der Waals surface area contributed by atoms with Gasteiger partial charge in [-0.3, -0.25) is 10.2 Å². The number of aromatic nitrogens is 2. The molecule has 1 aliphatic carbocycles. The molecule has 30 heavy (non-hydrogen) atoms. The van der Waals surface area contributed by atoms with Crippen molar-refractivity contribution in [1.29, 1.82) is 5.41 Å². The highest BCUT2D eigenvalue weighted by atomic mass is 19.1. The molecule has 1 saturated carbocycles. The quantitative estimate of drug-likeness (QED) is 0.423. The smallest absolute Gasteiger partial charge is 0.316 e. The maximum Gasteiger partial charge on any atom is 0.316 e. The number of nitrogens with one attached hydrogen (secondary N) is 1. The molecule has 160 valence electrons. The summed E-state index contributed by atoms with van der Waals surface area (Å²) in [6.07, 6.45) is 5.45. The van der Waals surface area contributed by atoms with E-state index in [1.165, 1.54) is 12.3 Å². The second kappa shape index (κ2) is 8.01. The summed E-state index contributed by atoms with van der Waals surface area (Å²) in [4.78, 5) is 20.8. The molecule has 0 atom stereocenters. The maximum absolute atomic E-state index is 14.1. The highest BCUT2D eigenvalue weighted by molar-refractivity contribution is 5.93. The summed E-state index contributed by atoms with van der Waals surface area (Å²) >= 11 is 0. The molecule has 2 aromatic rings. The Balaban J connectivity index is 1.74. The number of esters is 1. The molecule has 3 N–H and O–H groups in total. The van der Waals surface area contributed by atoms with Gasteiger partial charge >= 0.3 is 5.97 Å². The van der Waals surface area contributed by atoms with Gasteiger partial charge in [0.25, 0.3) is 0 Å². The van der Waals surface area contributed by atoms with E-state index in [0.717, 1.165) is 24.8 Å². The van der Waals surface area contributed by atoms with Crippen molar-refractivity contribution >= 4 is 11.8 Å². The highest BCUT2D eigenvalue weighted by Crippen LogP contribution is 2.43. The number of nitrogens with two attached hydrogens (primary N) is 1.